The normalized spacial score (nSPS) is 10.3. The largest absolute Gasteiger partial charge is 0.460 e. The van der Waals surface area contributed by atoms with Crippen LogP contribution >= 0.6 is 0 Å². The first-order chi connectivity index (χ1) is 11.0. The van der Waals surface area contributed by atoms with Crippen molar-refractivity contribution >= 4 is 17.5 Å². The van der Waals surface area contributed by atoms with Gasteiger partial charge in [-0.2, -0.15) is 0 Å². The molecule has 1 heterocycles. The van der Waals surface area contributed by atoms with Crippen LogP contribution in [0.4, 0.5) is 4.39 Å². The van der Waals surface area contributed by atoms with Gasteiger partial charge >= 0.3 is 5.97 Å². The second kappa shape index (κ2) is 7.44. The van der Waals surface area contributed by atoms with E-state index in [-0.39, 0.29) is 18.1 Å². The van der Waals surface area contributed by atoms with E-state index in [1.165, 1.54) is 24.7 Å². The van der Waals surface area contributed by atoms with Gasteiger partial charge in [0.25, 0.3) is 0 Å². The van der Waals surface area contributed by atoms with Crippen molar-refractivity contribution in [3.63, 3.8) is 0 Å². The molecular formula is C16H15FN2O4. The number of hydrogen-bond acceptors (Lipinski definition) is 5. The molecule has 0 amide bonds. The summed E-state index contributed by atoms with van der Waals surface area (Å²) in [5.74, 6) is -2.80. The quantitative estimate of drug-likeness (QED) is 0.336. The van der Waals surface area contributed by atoms with Gasteiger partial charge in [-0.05, 0) is 24.6 Å². The van der Waals surface area contributed by atoms with Crippen molar-refractivity contribution in [2.24, 2.45) is 0 Å². The minimum Gasteiger partial charge on any atom is -0.460 e. The molecule has 1 aromatic heterocycles. The van der Waals surface area contributed by atoms with E-state index in [0.29, 0.717) is 6.54 Å². The van der Waals surface area contributed by atoms with E-state index >= 15 is 0 Å². The van der Waals surface area contributed by atoms with Crippen molar-refractivity contribution < 1.29 is 23.5 Å². The summed E-state index contributed by atoms with van der Waals surface area (Å²) in [5, 5.41) is 0. The Morgan fingerprint density at radius 1 is 1.22 bits per heavy atom. The lowest BCUT2D eigenvalue weighted by atomic mass is 10.1. The summed E-state index contributed by atoms with van der Waals surface area (Å²) < 4.78 is 19.0. The lowest BCUT2D eigenvalue weighted by Crippen LogP contribution is -2.20. The van der Waals surface area contributed by atoms with Crippen molar-refractivity contribution in [2.45, 2.75) is 19.9 Å². The highest BCUT2D eigenvalue weighted by Gasteiger charge is 2.21. The Bertz CT molecular complexity index is 722. The SMILES string of the molecule is CCOC(=O)C(=O)CC(=O)c1cn(Cc2ccc(F)cc2)cn1. The molecule has 2 rings (SSSR count). The molecule has 2 aromatic rings. The van der Waals surface area contributed by atoms with E-state index in [0.717, 1.165) is 5.56 Å². The zero-order valence-corrected chi connectivity index (χ0v) is 12.5. The van der Waals surface area contributed by atoms with Crippen LogP contribution in [0.15, 0.2) is 36.8 Å². The second-order valence-electron chi connectivity index (χ2n) is 4.80. The number of aromatic nitrogens is 2. The molecule has 6 nitrogen and oxygen atoms in total. The molecule has 23 heavy (non-hydrogen) atoms. The first kappa shape index (κ1) is 16.5. The molecule has 0 saturated carbocycles. The van der Waals surface area contributed by atoms with Gasteiger partial charge < -0.3 is 9.30 Å². The number of rotatable bonds is 7. The number of nitrogens with zero attached hydrogens (tertiary/aromatic N) is 2. The fraction of sp³-hybridized carbons (Fsp3) is 0.250. The number of halogens is 1. The standard InChI is InChI=1S/C16H15FN2O4/c1-2-23-16(22)15(21)7-14(20)13-9-19(10-18-13)8-11-3-5-12(17)6-4-11/h3-6,9-10H,2,7-8H2,1H3. The molecule has 0 spiro atoms. The molecule has 0 atom stereocenters. The number of benzene rings is 1. The number of esters is 1. The highest BCUT2D eigenvalue weighted by Crippen LogP contribution is 2.08. The lowest BCUT2D eigenvalue weighted by molar-refractivity contribution is -0.153. The van der Waals surface area contributed by atoms with Crippen molar-refractivity contribution in [3.8, 4) is 0 Å². The van der Waals surface area contributed by atoms with Crippen LogP contribution in [0.5, 0.6) is 0 Å². The smallest absolute Gasteiger partial charge is 0.375 e. The van der Waals surface area contributed by atoms with Gasteiger partial charge in [-0.3, -0.25) is 9.59 Å². The van der Waals surface area contributed by atoms with Crippen LogP contribution in [0.2, 0.25) is 0 Å². The van der Waals surface area contributed by atoms with Crippen LogP contribution in [-0.2, 0) is 20.9 Å². The van der Waals surface area contributed by atoms with Gasteiger partial charge in [0.15, 0.2) is 5.78 Å². The Hall–Kier alpha value is -2.83. The summed E-state index contributed by atoms with van der Waals surface area (Å²) in [6.45, 7) is 2.06. The maximum Gasteiger partial charge on any atom is 0.375 e. The third-order valence-electron chi connectivity index (χ3n) is 3.02. The Morgan fingerprint density at radius 2 is 1.91 bits per heavy atom. The van der Waals surface area contributed by atoms with Gasteiger partial charge in [-0.1, -0.05) is 12.1 Å². The number of carbonyl (C=O) groups excluding carboxylic acids is 3. The van der Waals surface area contributed by atoms with E-state index in [2.05, 4.69) is 9.72 Å². The van der Waals surface area contributed by atoms with Gasteiger partial charge in [-0.25, -0.2) is 14.2 Å². The van der Waals surface area contributed by atoms with Crippen LogP contribution in [0.1, 0.15) is 29.4 Å². The van der Waals surface area contributed by atoms with Crippen molar-refractivity contribution in [1.29, 1.82) is 0 Å². The van der Waals surface area contributed by atoms with Gasteiger partial charge in [-0.15, -0.1) is 0 Å². The molecule has 0 saturated heterocycles. The van der Waals surface area contributed by atoms with E-state index in [9.17, 15) is 18.8 Å². The van der Waals surface area contributed by atoms with E-state index in [1.54, 1.807) is 23.6 Å². The molecule has 7 heteroatoms. The van der Waals surface area contributed by atoms with Crippen molar-refractivity contribution in [1.82, 2.24) is 9.55 Å². The minimum absolute atomic E-state index is 0.0745. The van der Waals surface area contributed by atoms with Crippen LogP contribution < -0.4 is 0 Å². The average Bonchev–Trinajstić information content (AvgIpc) is 2.98. The van der Waals surface area contributed by atoms with E-state index in [1.807, 2.05) is 0 Å². The fourth-order valence-corrected chi connectivity index (χ4v) is 1.91. The zero-order valence-electron chi connectivity index (χ0n) is 12.5. The molecule has 0 N–H and O–H groups in total. The maximum atomic E-state index is 12.8. The lowest BCUT2D eigenvalue weighted by Gasteiger charge is -2.02. The fourth-order valence-electron chi connectivity index (χ4n) is 1.91. The second-order valence-corrected chi connectivity index (χ2v) is 4.80. The monoisotopic (exact) mass is 318 g/mol. The highest BCUT2D eigenvalue weighted by molar-refractivity contribution is 6.38. The molecule has 120 valence electrons. The average molecular weight is 318 g/mol. The summed E-state index contributed by atoms with van der Waals surface area (Å²) in [5.41, 5.74) is 0.926. The summed E-state index contributed by atoms with van der Waals surface area (Å²) in [4.78, 5) is 38.5. The summed E-state index contributed by atoms with van der Waals surface area (Å²) >= 11 is 0. The molecule has 1 aromatic carbocycles. The molecule has 0 unspecified atom stereocenters. The van der Waals surface area contributed by atoms with Gasteiger partial charge in [0.05, 0.1) is 19.4 Å². The first-order valence-electron chi connectivity index (χ1n) is 6.99. The minimum atomic E-state index is -1.02. The molecule has 0 radical (unpaired) electrons. The molecule has 0 aliphatic rings. The molecule has 0 fully saturated rings. The maximum absolute atomic E-state index is 12.8. The number of hydrogen-bond donors (Lipinski definition) is 0. The molecule has 0 aliphatic carbocycles. The van der Waals surface area contributed by atoms with Crippen LogP contribution in [-0.4, -0.2) is 33.7 Å². The summed E-state index contributed by atoms with van der Waals surface area (Å²) in [7, 11) is 0. The highest BCUT2D eigenvalue weighted by atomic mass is 19.1. The number of ether oxygens (including phenoxy) is 1. The number of carbonyl (C=O) groups is 3. The topological polar surface area (TPSA) is 78.3 Å². The van der Waals surface area contributed by atoms with Crippen molar-refractivity contribution in [3.05, 3.63) is 53.9 Å². The molecular weight excluding hydrogens is 303 g/mol. The van der Waals surface area contributed by atoms with Crippen molar-refractivity contribution in [2.75, 3.05) is 6.61 Å². The predicted molar refractivity (Wildman–Crippen MR) is 78.3 cm³/mol. The number of Topliss-reactive ketones (excluding diaryl/α,β-unsaturated/α-hetero) is 2. The van der Waals surface area contributed by atoms with Crippen LogP contribution in [0, 0.1) is 5.82 Å². The Labute approximate surface area is 131 Å². The van der Waals surface area contributed by atoms with Gasteiger partial charge in [0.1, 0.15) is 11.5 Å². The Morgan fingerprint density at radius 3 is 2.57 bits per heavy atom. The number of ketones is 2. The Balaban J connectivity index is 1.98. The van der Waals surface area contributed by atoms with Gasteiger partial charge in [0, 0.05) is 12.7 Å². The predicted octanol–water partition coefficient (Wildman–Crippen LogP) is 1.78. The number of imidazole rings is 1. The van der Waals surface area contributed by atoms with Gasteiger partial charge in [0.2, 0.25) is 5.78 Å². The molecule has 0 bridgehead atoms. The van der Waals surface area contributed by atoms with Crippen LogP contribution in [0.25, 0.3) is 0 Å². The third-order valence-corrected chi connectivity index (χ3v) is 3.02. The summed E-state index contributed by atoms with van der Waals surface area (Å²) in [6.07, 6.45) is 2.34. The van der Waals surface area contributed by atoms with E-state index in [4.69, 9.17) is 0 Å². The zero-order chi connectivity index (χ0) is 16.8. The summed E-state index contributed by atoms with van der Waals surface area (Å²) in [6, 6.07) is 5.94. The molecule has 0 aliphatic heterocycles. The Kier molecular flexibility index (Phi) is 5.35. The first-order valence-corrected chi connectivity index (χ1v) is 6.99. The van der Waals surface area contributed by atoms with Crippen LogP contribution in [0.3, 0.4) is 0 Å². The third kappa shape index (κ3) is 4.57. The van der Waals surface area contributed by atoms with E-state index < -0.39 is 24.0 Å².